The number of ether oxygens (including phenoxy) is 1. The van der Waals surface area contributed by atoms with Crippen LogP contribution in [0.25, 0.3) is 0 Å². The summed E-state index contributed by atoms with van der Waals surface area (Å²) >= 11 is 1.96. The highest BCUT2D eigenvalue weighted by molar-refractivity contribution is 8.00. The van der Waals surface area contributed by atoms with E-state index in [4.69, 9.17) is 0 Å². The number of methoxy groups -OCH3 is 1. The Hall–Kier alpha value is -0.770. The second-order valence-corrected chi connectivity index (χ2v) is 5.89. The highest BCUT2D eigenvalue weighted by Gasteiger charge is 2.35. The Morgan fingerprint density at radius 3 is 3.12 bits per heavy atom. The summed E-state index contributed by atoms with van der Waals surface area (Å²) in [6, 6.07) is 0. The van der Waals surface area contributed by atoms with Gasteiger partial charge in [-0.05, 0) is 30.4 Å². The summed E-state index contributed by atoms with van der Waals surface area (Å²) in [6.07, 6.45) is 6.09. The van der Waals surface area contributed by atoms with Gasteiger partial charge >= 0.3 is 5.97 Å². The van der Waals surface area contributed by atoms with Crippen molar-refractivity contribution in [2.75, 3.05) is 12.9 Å². The number of unbranched alkanes of at least 4 members (excludes halogenated alkanes) is 1. The Bertz CT molecular complexity index is 349. The van der Waals surface area contributed by atoms with Crippen LogP contribution in [0.3, 0.4) is 0 Å². The maximum atomic E-state index is 11.3. The molecule has 2 rings (SSSR count). The number of fused-ring (bicyclic) bond motifs is 1. The van der Waals surface area contributed by atoms with Crippen molar-refractivity contribution in [1.82, 2.24) is 0 Å². The molecule has 0 bridgehead atoms. The smallest absolute Gasteiger partial charge is 0.305 e. The number of thioether (sulfide) groups is 1. The van der Waals surface area contributed by atoms with Gasteiger partial charge in [-0.1, -0.05) is 6.42 Å². The van der Waals surface area contributed by atoms with Gasteiger partial charge in [-0.2, -0.15) is 11.8 Å². The van der Waals surface area contributed by atoms with Crippen molar-refractivity contribution in [2.24, 2.45) is 5.92 Å². The minimum Gasteiger partial charge on any atom is -0.469 e. The summed E-state index contributed by atoms with van der Waals surface area (Å²) in [5, 5.41) is 0.518. The first-order valence-corrected chi connectivity index (χ1v) is 7.18. The second kappa shape index (κ2) is 5.71. The molecule has 2 atom stereocenters. The molecule has 1 fully saturated rings. The van der Waals surface area contributed by atoms with Crippen LogP contribution < -0.4 is 0 Å². The molecule has 1 aliphatic heterocycles. The van der Waals surface area contributed by atoms with Gasteiger partial charge in [0.05, 0.1) is 7.11 Å². The summed E-state index contributed by atoms with van der Waals surface area (Å²) in [6.45, 7) is 0. The van der Waals surface area contributed by atoms with E-state index in [9.17, 15) is 9.59 Å². The highest BCUT2D eigenvalue weighted by atomic mass is 32.2. The molecular weight excluding hydrogens is 236 g/mol. The molecule has 0 unspecified atom stereocenters. The number of hydrogen-bond acceptors (Lipinski definition) is 4. The Labute approximate surface area is 106 Å². The molecule has 17 heavy (non-hydrogen) atoms. The third kappa shape index (κ3) is 3.12. The van der Waals surface area contributed by atoms with Crippen LogP contribution >= 0.6 is 11.8 Å². The van der Waals surface area contributed by atoms with Crippen molar-refractivity contribution < 1.29 is 14.3 Å². The van der Waals surface area contributed by atoms with Crippen LogP contribution in [0.4, 0.5) is 0 Å². The molecule has 0 aromatic carbocycles. The molecule has 0 aromatic rings. The van der Waals surface area contributed by atoms with Gasteiger partial charge in [0.25, 0.3) is 0 Å². The monoisotopic (exact) mass is 254 g/mol. The second-order valence-electron chi connectivity index (χ2n) is 4.66. The Balaban J connectivity index is 1.72. The number of esters is 1. The number of allylic oxidation sites excluding steroid dienone is 1. The summed E-state index contributed by atoms with van der Waals surface area (Å²) < 4.78 is 4.61. The fourth-order valence-corrected chi connectivity index (χ4v) is 4.08. The van der Waals surface area contributed by atoms with Gasteiger partial charge in [0.15, 0.2) is 5.78 Å². The van der Waals surface area contributed by atoms with Crippen LogP contribution in [0.1, 0.15) is 32.1 Å². The van der Waals surface area contributed by atoms with Crippen molar-refractivity contribution in [2.45, 2.75) is 37.4 Å². The molecule has 1 heterocycles. The topological polar surface area (TPSA) is 43.4 Å². The van der Waals surface area contributed by atoms with Crippen molar-refractivity contribution in [1.29, 1.82) is 0 Å². The SMILES string of the molecule is COC(=O)CCCC[C@@H]1SC[C@@H]2CC(=O)C=C21. The maximum absolute atomic E-state index is 11.3. The van der Waals surface area contributed by atoms with E-state index in [0.717, 1.165) is 31.4 Å². The summed E-state index contributed by atoms with van der Waals surface area (Å²) in [4.78, 5) is 22.3. The molecule has 3 nitrogen and oxygen atoms in total. The maximum Gasteiger partial charge on any atom is 0.305 e. The molecular formula is C13H18O3S. The van der Waals surface area contributed by atoms with E-state index in [0.29, 0.717) is 23.4 Å². The Morgan fingerprint density at radius 2 is 2.35 bits per heavy atom. The third-order valence-electron chi connectivity index (χ3n) is 3.44. The quantitative estimate of drug-likeness (QED) is 0.558. The molecule has 0 N–H and O–H groups in total. The van der Waals surface area contributed by atoms with Gasteiger partial charge in [0.2, 0.25) is 0 Å². The summed E-state index contributed by atoms with van der Waals surface area (Å²) in [5.74, 6) is 1.78. The van der Waals surface area contributed by atoms with Gasteiger partial charge in [0.1, 0.15) is 0 Å². The molecule has 0 amide bonds. The molecule has 1 aliphatic carbocycles. The van der Waals surface area contributed by atoms with E-state index in [2.05, 4.69) is 4.74 Å². The van der Waals surface area contributed by atoms with E-state index in [1.165, 1.54) is 12.7 Å². The molecule has 0 spiro atoms. The number of hydrogen-bond donors (Lipinski definition) is 0. The fraction of sp³-hybridized carbons (Fsp3) is 0.692. The van der Waals surface area contributed by atoms with Crippen LogP contribution in [0.2, 0.25) is 0 Å². The van der Waals surface area contributed by atoms with Crippen LogP contribution in [0.5, 0.6) is 0 Å². The van der Waals surface area contributed by atoms with E-state index in [1.807, 2.05) is 17.8 Å². The molecule has 4 heteroatoms. The van der Waals surface area contributed by atoms with Crippen molar-refractivity contribution in [3.05, 3.63) is 11.6 Å². The van der Waals surface area contributed by atoms with Gasteiger partial charge in [0, 0.05) is 23.8 Å². The first-order valence-electron chi connectivity index (χ1n) is 6.13. The summed E-state index contributed by atoms with van der Waals surface area (Å²) in [5.41, 5.74) is 1.36. The van der Waals surface area contributed by atoms with Crippen molar-refractivity contribution >= 4 is 23.5 Å². The number of carbonyl (C=O) groups excluding carboxylic acids is 2. The largest absolute Gasteiger partial charge is 0.469 e. The van der Waals surface area contributed by atoms with Crippen molar-refractivity contribution in [3.8, 4) is 0 Å². The number of carbonyl (C=O) groups is 2. The van der Waals surface area contributed by atoms with Crippen LogP contribution in [0, 0.1) is 5.92 Å². The lowest BCUT2D eigenvalue weighted by Crippen LogP contribution is -2.04. The lowest BCUT2D eigenvalue weighted by Gasteiger charge is -2.10. The Kier molecular flexibility index (Phi) is 4.26. The molecule has 0 aromatic heterocycles. The van der Waals surface area contributed by atoms with Gasteiger partial charge in [-0.25, -0.2) is 0 Å². The van der Waals surface area contributed by atoms with Crippen LogP contribution in [-0.4, -0.2) is 29.9 Å². The fourth-order valence-electron chi connectivity index (χ4n) is 2.51. The predicted molar refractivity (Wildman–Crippen MR) is 67.9 cm³/mol. The Morgan fingerprint density at radius 1 is 1.53 bits per heavy atom. The minimum atomic E-state index is -0.128. The zero-order valence-electron chi connectivity index (χ0n) is 10.1. The molecule has 1 saturated heterocycles. The molecule has 94 valence electrons. The lowest BCUT2D eigenvalue weighted by atomic mass is 9.98. The van der Waals surface area contributed by atoms with Crippen LogP contribution in [0.15, 0.2) is 11.6 Å². The van der Waals surface area contributed by atoms with E-state index in [-0.39, 0.29) is 5.97 Å². The average molecular weight is 254 g/mol. The normalized spacial score (nSPS) is 26.9. The van der Waals surface area contributed by atoms with Gasteiger partial charge in [-0.15, -0.1) is 0 Å². The molecule has 2 aliphatic rings. The summed E-state index contributed by atoms with van der Waals surface area (Å²) in [7, 11) is 1.43. The van der Waals surface area contributed by atoms with Crippen molar-refractivity contribution in [3.63, 3.8) is 0 Å². The van der Waals surface area contributed by atoms with Gasteiger partial charge in [-0.3, -0.25) is 9.59 Å². The van der Waals surface area contributed by atoms with Crippen LogP contribution in [-0.2, 0) is 14.3 Å². The zero-order valence-corrected chi connectivity index (χ0v) is 10.9. The van der Waals surface area contributed by atoms with Gasteiger partial charge < -0.3 is 4.74 Å². The third-order valence-corrected chi connectivity index (χ3v) is 4.95. The first-order chi connectivity index (χ1) is 8.20. The zero-order chi connectivity index (χ0) is 12.3. The predicted octanol–water partition coefficient (Wildman–Crippen LogP) is 2.35. The van der Waals surface area contributed by atoms with E-state index < -0.39 is 0 Å². The average Bonchev–Trinajstić information content (AvgIpc) is 2.84. The number of rotatable bonds is 5. The standard InChI is InChI=1S/C13H18O3S/c1-16-13(15)5-3-2-4-12-11-7-10(14)6-9(11)8-17-12/h7,9,12H,2-6,8H2,1H3/t9-,12-/m0/s1. The highest BCUT2D eigenvalue weighted by Crippen LogP contribution is 2.44. The first kappa shape index (κ1) is 12.7. The van der Waals surface area contributed by atoms with E-state index >= 15 is 0 Å². The molecule has 0 saturated carbocycles. The number of ketones is 1. The molecule has 0 radical (unpaired) electrons. The minimum absolute atomic E-state index is 0.128. The lowest BCUT2D eigenvalue weighted by molar-refractivity contribution is -0.140. The van der Waals surface area contributed by atoms with E-state index in [1.54, 1.807) is 0 Å².